The van der Waals surface area contributed by atoms with E-state index < -0.39 is 6.04 Å². The Balaban J connectivity index is 1.93. The zero-order valence-corrected chi connectivity index (χ0v) is 13.7. The highest BCUT2D eigenvalue weighted by Crippen LogP contribution is 2.31. The van der Waals surface area contributed by atoms with Crippen LogP contribution in [0.5, 0.6) is 0 Å². The minimum atomic E-state index is -0.502. The molecule has 0 bridgehead atoms. The topological polar surface area (TPSA) is 59.3 Å². The maximum absolute atomic E-state index is 12.9. The van der Waals surface area contributed by atoms with Crippen LogP contribution in [0, 0.1) is 0 Å². The van der Waals surface area contributed by atoms with Gasteiger partial charge in [-0.2, -0.15) is 0 Å². The number of hydrogen-bond donors (Lipinski definition) is 1. The summed E-state index contributed by atoms with van der Waals surface area (Å²) in [5, 5.41) is 3.67. The highest BCUT2D eigenvalue weighted by molar-refractivity contribution is 6.31. The van der Waals surface area contributed by atoms with Crippen molar-refractivity contribution in [3.63, 3.8) is 0 Å². The van der Waals surface area contributed by atoms with E-state index in [1.165, 1.54) is 5.56 Å². The van der Waals surface area contributed by atoms with Gasteiger partial charge in [-0.25, -0.2) is 0 Å². The molecule has 3 aromatic rings. The molecule has 5 heteroatoms. The van der Waals surface area contributed by atoms with E-state index in [1.807, 2.05) is 24.3 Å². The first-order valence-electron chi connectivity index (χ1n) is 7.74. The Bertz CT molecular complexity index is 1020. The molecule has 2 aromatic carbocycles. The fraction of sp³-hybridized carbons (Fsp3) is 0.158. The molecule has 1 unspecified atom stereocenters. The molecule has 0 spiro atoms. The second-order valence-corrected chi connectivity index (χ2v) is 6.25. The highest BCUT2D eigenvalue weighted by Gasteiger charge is 2.35. The van der Waals surface area contributed by atoms with Crippen molar-refractivity contribution in [3.05, 3.63) is 80.2 Å². The van der Waals surface area contributed by atoms with Gasteiger partial charge in [-0.15, -0.1) is 0 Å². The molecule has 0 saturated heterocycles. The summed E-state index contributed by atoms with van der Waals surface area (Å²) >= 11 is 5.99. The van der Waals surface area contributed by atoms with Gasteiger partial charge < -0.3 is 9.73 Å². The maximum Gasteiger partial charge on any atom is 0.288 e. The van der Waals surface area contributed by atoms with E-state index in [0.717, 1.165) is 12.0 Å². The van der Waals surface area contributed by atoms with Crippen molar-refractivity contribution in [3.8, 4) is 0 Å². The van der Waals surface area contributed by atoms with Crippen LogP contribution in [0.15, 0.2) is 51.7 Å². The van der Waals surface area contributed by atoms with E-state index in [0.29, 0.717) is 21.6 Å². The maximum atomic E-state index is 12.9. The molecule has 2 heterocycles. The number of aryl methyl sites for hydroxylation is 1. The predicted molar refractivity (Wildman–Crippen MR) is 92.6 cm³/mol. The molecule has 0 aliphatic carbocycles. The minimum Gasteiger partial charge on any atom is -0.450 e. The minimum absolute atomic E-state index is 0.0828. The number of carbonyl (C=O) groups excluding carboxylic acids is 1. The number of hydrogen-bond acceptors (Lipinski definition) is 3. The molecule has 0 saturated carbocycles. The summed E-state index contributed by atoms with van der Waals surface area (Å²) < 4.78 is 5.68. The smallest absolute Gasteiger partial charge is 0.288 e. The van der Waals surface area contributed by atoms with Gasteiger partial charge in [0.1, 0.15) is 5.58 Å². The number of halogens is 1. The highest BCUT2D eigenvalue weighted by atomic mass is 35.5. The third-order valence-electron chi connectivity index (χ3n) is 4.38. The van der Waals surface area contributed by atoms with Gasteiger partial charge >= 0.3 is 0 Å². The first-order valence-corrected chi connectivity index (χ1v) is 8.12. The van der Waals surface area contributed by atoms with Gasteiger partial charge in [-0.3, -0.25) is 9.59 Å². The molecule has 24 heavy (non-hydrogen) atoms. The summed E-state index contributed by atoms with van der Waals surface area (Å²) in [5.41, 5.74) is 2.53. The Kier molecular flexibility index (Phi) is 3.43. The van der Waals surface area contributed by atoms with Gasteiger partial charge in [-0.05, 0) is 35.7 Å². The van der Waals surface area contributed by atoms with Crippen molar-refractivity contribution in [2.24, 2.45) is 0 Å². The van der Waals surface area contributed by atoms with E-state index in [9.17, 15) is 9.59 Å². The van der Waals surface area contributed by atoms with Crippen molar-refractivity contribution >= 4 is 28.5 Å². The van der Waals surface area contributed by atoms with Crippen LogP contribution in [-0.4, -0.2) is 5.91 Å². The normalized spacial score (nSPS) is 16.2. The van der Waals surface area contributed by atoms with E-state index in [2.05, 4.69) is 12.2 Å². The molecule has 1 aliphatic heterocycles. The molecule has 1 aromatic heterocycles. The van der Waals surface area contributed by atoms with Crippen LogP contribution in [0.1, 0.15) is 40.2 Å². The Morgan fingerprint density at radius 2 is 1.88 bits per heavy atom. The summed E-state index contributed by atoms with van der Waals surface area (Å²) in [5.74, 6) is -0.289. The summed E-state index contributed by atoms with van der Waals surface area (Å²) in [6.45, 7) is 2.08. The third kappa shape index (κ3) is 2.22. The van der Waals surface area contributed by atoms with Gasteiger partial charge in [0.05, 0.1) is 17.0 Å². The van der Waals surface area contributed by atoms with Crippen molar-refractivity contribution in [2.75, 3.05) is 0 Å². The predicted octanol–water partition coefficient (Wildman–Crippen LogP) is 3.84. The first-order chi connectivity index (χ1) is 11.6. The first kappa shape index (κ1) is 15.0. The Hall–Kier alpha value is -2.59. The van der Waals surface area contributed by atoms with E-state index >= 15 is 0 Å². The SMILES string of the molecule is CCc1ccc(C2NC(=O)c3oc4ccc(Cl)cc4c(=O)c32)cc1. The average Bonchev–Trinajstić information content (AvgIpc) is 2.93. The summed E-state index contributed by atoms with van der Waals surface area (Å²) in [4.78, 5) is 25.2. The van der Waals surface area contributed by atoms with Crippen LogP contribution >= 0.6 is 11.6 Å². The van der Waals surface area contributed by atoms with Gasteiger partial charge in [0, 0.05) is 5.02 Å². The van der Waals surface area contributed by atoms with E-state index in [4.69, 9.17) is 16.0 Å². The molecule has 1 amide bonds. The standard InChI is InChI=1S/C19H14ClNO3/c1-2-10-3-5-11(6-4-10)16-15-17(22)13-9-12(20)7-8-14(13)24-18(15)19(23)21-16/h3-9,16H,2H2,1H3,(H,21,23). The molecule has 120 valence electrons. The fourth-order valence-electron chi connectivity index (χ4n) is 3.08. The van der Waals surface area contributed by atoms with Gasteiger partial charge in [-0.1, -0.05) is 42.8 Å². The van der Waals surface area contributed by atoms with Gasteiger partial charge in [0.2, 0.25) is 5.76 Å². The summed E-state index contributed by atoms with van der Waals surface area (Å²) in [6.07, 6.45) is 0.930. The number of rotatable bonds is 2. The monoisotopic (exact) mass is 339 g/mol. The average molecular weight is 340 g/mol. The van der Waals surface area contributed by atoms with Crippen molar-refractivity contribution in [1.29, 1.82) is 0 Å². The number of benzene rings is 2. The Labute approximate surface area is 143 Å². The lowest BCUT2D eigenvalue weighted by Gasteiger charge is -2.12. The second-order valence-electron chi connectivity index (χ2n) is 5.82. The lowest BCUT2D eigenvalue weighted by atomic mass is 9.98. The van der Waals surface area contributed by atoms with Crippen molar-refractivity contribution < 1.29 is 9.21 Å². The quantitative estimate of drug-likeness (QED) is 0.771. The van der Waals surface area contributed by atoms with E-state index in [1.54, 1.807) is 18.2 Å². The van der Waals surface area contributed by atoms with Crippen molar-refractivity contribution in [1.82, 2.24) is 5.32 Å². The second kappa shape index (κ2) is 5.49. The molecule has 0 fully saturated rings. The van der Waals surface area contributed by atoms with Crippen LogP contribution in [-0.2, 0) is 6.42 Å². The Morgan fingerprint density at radius 1 is 1.12 bits per heavy atom. The van der Waals surface area contributed by atoms with Crippen LogP contribution in [0.25, 0.3) is 11.0 Å². The van der Waals surface area contributed by atoms with Crippen LogP contribution < -0.4 is 10.7 Å². The lowest BCUT2D eigenvalue weighted by Crippen LogP contribution is -2.21. The van der Waals surface area contributed by atoms with Crippen LogP contribution in [0.2, 0.25) is 5.02 Å². The largest absolute Gasteiger partial charge is 0.450 e. The number of nitrogens with one attached hydrogen (secondary N) is 1. The molecule has 0 radical (unpaired) electrons. The number of carbonyl (C=O) groups is 1. The molecule has 1 aliphatic rings. The molecular formula is C19H14ClNO3. The lowest BCUT2D eigenvalue weighted by molar-refractivity contribution is 0.0938. The number of fused-ring (bicyclic) bond motifs is 2. The van der Waals surface area contributed by atoms with Crippen molar-refractivity contribution in [2.45, 2.75) is 19.4 Å². The molecule has 4 nitrogen and oxygen atoms in total. The Morgan fingerprint density at radius 3 is 2.58 bits per heavy atom. The number of amides is 1. The summed E-state index contributed by atoms with van der Waals surface area (Å²) in [7, 11) is 0. The van der Waals surface area contributed by atoms with E-state index in [-0.39, 0.29) is 17.1 Å². The fourth-order valence-corrected chi connectivity index (χ4v) is 3.25. The molecule has 1 N–H and O–H groups in total. The molecule has 1 atom stereocenters. The van der Waals surface area contributed by atoms with Gasteiger partial charge in [0.15, 0.2) is 5.43 Å². The summed E-state index contributed by atoms with van der Waals surface area (Å²) in [6, 6.07) is 12.2. The zero-order chi connectivity index (χ0) is 16.8. The third-order valence-corrected chi connectivity index (χ3v) is 4.61. The van der Waals surface area contributed by atoms with Crippen LogP contribution in [0.3, 0.4) is 0 Å². The van der Waals surface area contributed by atoms with Crippen LogP contribution in [0.4, 0.5) is 0 Å². The van der Waals surface area contributed by atoms with Gasteiger partial charge in [0.25, 0.3) is 5.91 Å². The molecule has 4 rings (SSSR count). The zero-order valence-electron chi connectivity index (χ0n) is 12.9. The molecular weight excluding hydrogens is 326 g/mol.